The molecule has 1 aromatic carbocycles. The summed E-state index contributed by atoms with van der Waals surface area (Å²) >= 11 is 5.94. The normalized spacial score (nSPS) is 19.0. The third-order valence-electron chi connectivity index (χ3n) is 4.15. The maximum absolute atomic E-state index is 11.4. The van der Waals surface area contributed by atoms with E-state index in [9.17, 15) is 4.79 Å². The van der Waals surface area contributed by atoms with Crippen molar-refractivity contribution in [2.45, 2.75) is 38.3 Å². The minimum absolute atomic E-state index is 0.0138. The second-order valence-corrected chi connectivity index (χ2v) is 6.08. The van der Waals surface area contributed by atoms with E-state index in [0.29, 0.717) is 0 Å². The topological polar surface area (TPSA) is 44.9 Å². The van der Waals surface area contributed by atoms with Crippen LogP contribution in [0, 0.1) is 0 Å². The summed E-state index contributed by atoms with van der Waals surface area (Å²) in [5, 5.41) is 4.42. The number of hydrogen-bond donors (Lipinski definition) is 2. The number of fused-ring (bicyclic) bond motifs is 1. The van der Waals surface area contributed by atoms with Crippen molar-refractivity contribution in [3.8, 4) is 0 Å². The zero-order valence-corrected chi connectivity index (χ0v) is 12.8. The van der Waals surface area contributed by atoms with E-state index < -0.39 is 0 Å². The van der Waals surface area contributed by atoms with E-state index in [-0.39, 0.29) is 17.6 Å². The molecule has 1 aliphatic carbocycles. The van der Waals surface area contributed by atoms with Gasteiger partial charge in [0, 0.05) is 28.9 Å². The first-order valence-corrected chi connectivity index (χ1v) is 7.75. The number of H-pyrrole nitrogens is 1. The summed E-state index contributed by atoms with van der Waals surface area (Å²) in [7, 11) is 0. The zero-order chi connectivity index (χ0) is 14.8. The van der Waals surface area contributed by atoms with E-state index in [1.165, 1.54) is 11.1 Å². The Balaban J connectivity index is 1.80. The van der Waals surface area contributed by atoms with Crippen LogP contribution in [0.3, 0.4) is 0 Å². The molecule has 0 amide bonds. The molecule has 0 spiro atoms. The largest absolute Gasteiger partial charge is 0.326 e. The Hall–Kier alpha value is -1.58. The molecule has 2 aromatic rings. The maximum Gasteiger partial charge on any atom is 0.248 e. The van der Waals surface area contributed by atoms with Gasteiger partial charge in [0.1, 0.15) is 0 Å². The molecule has 0 aliphatic heterocycles. The number of pyridine rings is 1. The average Bonchev–Trinajstić information content (AvgIpc) is 2.47. The molecule has 2 atom stereocenters. The number of aryl methyl sites for hydroxylation is 1. The highest BCUT2D eigenvalue weighted by Crippen LogP contribution is 2.30. The van der Waals surface area contributed by atoms with Gasteiger partial charge in [-0.25, -0.2) is 0 Å². The SMILES string of the molecule is C[C@H](NC1CCCc2[nH]c(=O)ccc21)c1ccc(Cl)cc1. The predicted octanol–water partition coefficient (Wildman–Crippen LogP) is 3.76. The fourth-order valence-electron chi connectivity index (χ4n) is 3.02. The monoisotopic (exact) mass is 302 g/mol. The van der Waals surface area contributed by atoms with Crippen LogP contribution in [0.5, 0.6) is 0 Å². The molecule has 1 heterocycles. The van der Waals surface area contributed by atoms with Crippen molar-refractivity contribution in [3.05, 3.63) is 68.6 Å². The Morgan fingerprint density at radius 2 is 2.00 bits per heavy atom. The summed E-state index contributed by atoms with van der Waals surface area (Å²) in [6.07, 6.45) is 3.15. The lowest BCUT2D eigenvalue weighted by Crippen LogP contribution is -2.29. The lowest BCUT2D eigenvalue weighted by molar-refractivity contribution is 0.411. The van der Waals surface area contributed by atoms with Gasteiger partial charge in [-0.1, -0.05) is 29.8 Å². The Labute approximate surface area is 129 Å². The van der Waals surface area contributed by atoms with Crippen molar-refractivity contribution in [2.75, 3.05) is 0 Å². The molecular formula is C17H19ClN2O. The van der Waals surface area contributed by atoms with E-state index >= 15 is 0 Å². The Morgan fingerprint density at radius 3 is 2.76 bits per heavy atom. The minimum atomic E-state index is -0.0138. The number of nitrogens with one attached hydrogen (secondary N) is 2. The molecule has 0 saturated heterocycles. The van der Waals surface area contributed by atoms with Crippen LogP contribution in [0.2, 0.25) is 5.02 Å². The highest BCUT2D eigenvalue weighted by Gasteiger charge is 2.22. The lowest BCUT2D eigenvalue weighted by atomic mass is 9.90. The molecule has 3 rings (SSSR count). The Morgan fingerprint density at radius 1 is 1.24 bits per heavy atom. The molecule has 2 N–H and O–H groups in total. The molecule has 0 bridgehead atoms. The van der Waals surface area contributed by atoms with Crippen molar-refractivity contribution in [2.24, 2.45) is 0 Å². The molecule has 3 nitrogen and oxygen atoms in total. The molecular weight excluding hydrogens is 284 g/mol. The maximum atomic E-state index is 11.4. The van der Waals surface area contributed by atoms with Crippen LogP contribution < -0.4 is 10.9 Å². The third kappa shape index (κ3) is 3.20. The van der Waals surface area contributed by atoms with Crippen molar-refractivity contribution in [1.82, 2.24) is 10.3 Å². The van der Waals surface area contributed by atoms with Gasteiger partial charge in [-0.15, -0.1) is 0 Å². The van der Waals surface area contributed by atoms with Gasteiger partial charge in [-0.05, 0) is 49.4 Å². The second-order valence-electron chi connectivity index (χ2n) is 5.64. The highest BCUT2D eigenvalue weighted by atomic mass is 35.5. The molecule has 21 heavy (non-hydrogen) atoms. The molecule has 110 valence electrons. The van der Waals surface area contributed by atoms with Crippen LogP contribution >= 0.6 is 11.6 Å². The summed E-state index contributed by atoms with van der Waals surface area (Å²) in [5.41, 5.74) is 3.51. The summed E-state index contributed by atoms with van der Waals surface area (Å²) in [5.74, 6) is 0. The number of aromatic nitrogens is 1. The molecule has 1 aliphatic rings. The van der Waals surface area contributed by atoms with E-state index in [1.807, 2.05) is 18.2 Å². The van der Waals surface area contributed by atoms with E-state index in [1.54, 1.807) is 6.07 Å². The zero-order valence-electron chi connectivity index (χ0n) is 12.0. The van der Waals surface area contributed by atoms with Crippen LogP contribution in [-0.2, 0) is 6.42 Å². The first-order valence-electron chi connectivity index (χ1n) is 7.37. The van der Waals surface area contributed by atoms with Gasteiger partial charge in [-0.3, -0.25) is 4.79 Å². The Kier molecular flexibility index (Phi) is 4.13. The number of rotatable bonds is 3. The lowest BCUT2D eigenvalue weighted by Gasteiger charge is -2.29. The van der Waals surface area contributed by atoms with Gasteiger partial charge >= 0.3 is 0 Å². The van der Waals surface area contributed by atoms with Gasteiger partial charge in [0.2, 0.25) is 5.56 Å². The first-order chi connectivity index (χ1) is 10.1. The Bertz CT molecular complexity index is 678. The number of halogens is 1. The quantitative estimate of drug-likeness (QED) is 0.907. The van der Waals surface area contributed by atoms with Crippen molar-refractivity contribution < 1.29 is 0 Å². The van der Waals surface area contributed by atoms with Gasteiger partial charge in [0.05, 0.1) is 0 Å². The smallest absolute Gasteiger partial charge is 0.248 e. The van der Waals surface area contributed by atoms with Crippen molar-refractivity contribution >= 4 is 11.6 Å². The molecule has 0 saturated carbocycles. The van der Waals surface area contributed by atoms with Crippen LogP contribution in [0.1, 0.15) is 48.7 Å². The fourth-order valence-corrected chi connectivity index (χ4v) is 3.15. The number of benzene rings is 1. The van der Waals surface area contributed by atoms with Crippen LogP contribution in [0.25, 0.3) is 0 Å². The molecule has 1 unspecified atom stereocenters. The number of hydrogen-bond acceptors (Lipinski definition) is 2. The second kappa shape index (κ2) is 6.04. The molecule has 0 radical (unpaired) electrons. The van der Waals surface area contributed by atoms with Gasteiger partial charge in [0.25, 0.3) is 0 Å². The molecule has 4 heteroatoms. The highest BCUT2D eigenvalue weighted by molar-refractivity contribution is 6.30. The van der Waals surface area contributed by atoms with Crippen molar-refractivity contribution in [1.29, 1.82) is 0 Å². The minimum Gasteiger partial charge on any atom is -0.326 e. The van der Waals surface area contributed by atoms with Gasteiger partial charge < -0.3 is 10.3 Å². The van der Waals surface area contributed by atoms with Crippen LogP contribution in [0.15, 0.2) is 41.2 Å². The first kappa shape index (κ1) is 14.4. The van der Waals surface area contributed by atoms with E-state index in [0.717, 1.165) is 30.0 Å². The summed E-state index contributed by atoms with van der Waals surface area (Å²) < 4.78 is 0. The van der Waals surface area contributed by atoms with Crippen molar-refractivity contribution in [3.63, 3.8) is 0 Å². The average molecular weight is 303 g/mol. The third-order valence-corrected chi connectivity index (χ3v) is 4.40. The summed E-state index contributed by atoms with van der Waals surface area (Å²) in [6.45, 7) is 2.16. The standard InChI is InChI=1S/C17H19ClN2O/c1-11(12-5-7-13(18)8-6-12)19-15-3-2-4-16-14(15)9-10-17(21)20-16/h5-11,15,19H,2-4H2,1H3,(H,20,21)/t11-,15?/m0/s1. The molecule has 1 aromatic heterocycles. The summed E-state index contributed by atoms with van der Waals surface area (Å²) in [6, 6.07) is 12.0. The molecule has 0 fully saturated rings. The van der Waals surface area contributed by atoms with E-state index in [2.05, 4.69) is 29.4 Å². The summed E-state index contributed by atoms with van der Waals surface area (Å²) in [4.78, 5) is 14.4. The van der Waals surface area contributed by atoms with E-state index in [4.69, 9.17) is 11.6 Å². The number of aromatic amines is 1. The fraction of sp³-hybridized carbons (Fsp3) is 0.353. The van der Waals surface area contributed by atoms with Crippen LogP contribution in [0.4, 0.5) is 0 Å². The predicted molar refractivity (Wildman–Crippen MR) is 85.7 cm³/mol. The van der Waals surface area contributed by atoms with Gasteiger partial charge in [-0.2, -0.15) is 0 Å². The van der Waals surface area contributed by atoms with Crippen LogP contribution in [-0.4, -0.2) is 4.98 Å². The van der Waals surface area contributed by atoms with Gasteiger partial charge in [0.15, 0.2) is 0 Å².